The van der Waals surface area contributed by atoms with Gasteiger partial charge in [0, 0.05) is 19.7 Å². The van der Waals surface area contributed by atoms with Gasteiger partial charge < -0.3 is 10.5 Å². The summed E-state index contributed by atoms with van der Waals surface area (Å²) < 4.78 is 5.31. The van der Waals surface area contributed by atoms with Gasteiger partial charge in [-0.05, 0) is 32.5 Å². The van der Waals surface area contributed by atoms with Crippen LogP contribution in [0.15, 0.2) is 30.3 Å². The summed E-state index contributed by atoms with van der Waals surface area (Å²) in [5.41, 5.74) is 7.03. The second kappa shape index (κ2) is 7.43. The summed E-state index contributed by atoms with van der Waals surface area (Å²) in [5.74, 6) is 0. The van der Waals surface area contributed by atoms with E-state index in [-0.39, 0.29) is 6.10 Å². The Kier molecular flexibility index (Phi) is 6.19. The van der Waals surface area contributed by atoms with Crippen LogP contribution in [0, 0.1) is 0 Å². The van der Waals surface area contributed by atoms with E-state index >= 15 is 0 Å². The Morgan fingerprint density at radius 3 is 2.47 bits per heavy atom. The van der Waals surface area contributed by atoms with Gasteiger partial charge in [-0.2, -0.15) is 0 Å². The molecule has 3 heteroatoms. The summed E-state index contributed by atoms with van der Waals surface area (Å²) in [6.45, 7) is 3.70. The third-order valence-corrected chi connectivity index (χ3v) is 3.10. The van der Waals surface area contributed by atoms with E-state index in [1.54, 1.807) is 7.11 Å². The van der Waals surface area contributed by atoms with E-state index in [1.165, 1.54) is 5.56 Å². The summed E-state index contributed by atoms with van der Waals surface area (Å²) in [6, 6.07) is 10.9. The Labute approximate surface area is 105 Å². The molecule has 0 aliphatic carbocycles. The molecule has 0 amide bonds. The zero-order chi connectivity index (χ0) is 12.7. The Balaban J connectivity index is 2.71. The van der Waals surface area contributed by atoms with Gasteiger partial charge in [0.2, 0.25) is 0 Å². The van der Waals surface area contributed by atoms with Crippen molar-refractivity contribution < 1.29 is 4.74 Å². The monoisotopic (exact) mass is 236 g/mol. The first-order chi connectivity index (χ1) is 8.19. The maximum absolute atomic E-state index is 5.71. The van der Waals surface area contributed by atoms with Crippen molar-refractivity contribution in [1.29, 1.82) is 0 Å². The Bertz CT molecular complexity index is 302. The number of benzene rings is 1. The number of nitrogens with two attached hydrogens (primary N) is 1. The number of hydrogen-bond donors (Lipinski definition) is 1. The van der Waals surface area contributed by atoms with Gasteiger partial charge in [0.05, 0.1) is 6.10 Å². The second-order valence-corrected chi connectivity index (χ2v) is 4.49. The molecule has 96 valence electrons. The molecule has 17 heavy (non-hydrogen) atoms. The summed E-state index contributed by atoms with van der Waals surface area (Å²) in [7, 11) is 3.88. The maximum atomic E-state index is 5.71. The van der Waals surface area contributed by atoms with Crippen LogP contribution < -0.4 is 5.73 Å². The fourth-order valence-corrected chi connectivity index (χ4v) is 2.08. The Hall–Kier alpha value is -0.900. The summed E-state index contributed by atoms with van der Waals surface area (Å²) in [5, 5.41) is 0. The highest BCUT2D eigenvalue weighted by Crippen LogP contribution is 2.22. The predicted octanol–water partition coefficient (Wildman–Crippen LogP) is 2.04. The maximum Gasteiger partial charge on any atom is 0.0670 e. The van der Waals surface area contributed by atoms with Gasteiger partial charge >= 0.3 is 0 Å². The van der Waals surface area contributed by atoms with E-state index in [1.807, 2.05) is 6.07 Å². The van der Waals surface area contributed by atoms with E-state index in [9.17, 15) is 0 Å². The van der Waals surface area contributed by atoms with Crippen LogP contribution in [0.4, 0.5) is 0 Å². The van der Waals surface area contributed by atoms with Gasteiger partial charge in [-0.25, -0.2) is 0 Å². The van der Waals surface area contributed by atoms with Crippen molar-refractivity contribution >= 4 is 0 Å². The molecule has 2 N–H and O–H groups in total. The molecular formula is C14H24N2O. The van der Waals surface area contributed by atoms with Crippen molar-refractivity contribution in [1.82, 2.24) is 4.90 Å². The van der Waals surface area contributed by atoms with Crippen molar-refractivity contribution in [2.24, 2.45) is 5.73 Å². The smallest absolute Gasteiger partial charge is 0.0670 e. The molecule has 0 bridgehead atoms. The molecule has 2 unspecified atom stereocenters. The van der Waals surface area contributed by atoms with Gasteiger partial charge in [0.25, 0.3) is 0 Å². The van der Waals surface area contributed by atoms with Gasteiger partial charge in [-0.15, -0.1) is 0 Å². The van der Waals surface area contributed by atoms with E-state index < -0.39 is 0 Å². The van der Waals surface area contributed by atoms with Crippen molar-refractivity contribution in [3.05, 3.63) is 35.9 Å². The molecule has 0 saturated carbocycles. The largest absolute Gasteiger partial charge is 0.380 e. The summed E-state index contributed by atoms with van der Waals surface area (Å²) in [6.07, 6.45) is 1.21. The fourth-order valence-electron chi connectivity index (χ4n) is 2.08. The lowest BCUT2D eigenvalue weighted by molar-refractivity contribution is 0.0700. The standard InChI is InChI=1S/C14H24N2O/c1-12(17-3)11-16(2)14(9-10-15)13-7-5-4-6-8-13/h4-8,12,14H,9-11,15H2,1-3H3. The minimum Gasteiger partial charge on any atom is -0.380 e. The van der Waals surface area contributed by atoms with Crippen molar-refractivity contribution in [3.8, 4) is 0 Å². The number of nitrogens with zero attached hydrogens (tertiary/aromatic N) is 1. The third kappa shape index (κ3) is 4.46. The molecule has 2 atom stereocenters. The average Bonchev–Trinajstić information content (AvgIpc) is 2.36. The highest BCUT2D eigenvalue weighted by Gasteiger charge is 2.17. The summed E-state index contributed by atoms with van der Waals surface area (Å²) >= 11 is 0. The number of likely N-dealkylation sites (N-methyl/N-ethyl adjacent to an activating group) is 1. The first-order valence-corrected chi connectivity index (χ1v) is 6.17. The topological polar surface area (TPSA) is 38.5 Å². The number of hydrogen-bond acceptors (Lipinski definition) is 3. The van der Waals surface area contributed by atoms with Crippen LogP contribution in [0.2, 0.25) is 0 Å². The van der Waals surface area contributed by atoms with Gasteiger partial charge in [0.15, 0.2) is 0 Å². The minimum atomic E-state index is 0.240. The Morgan fingerprint density at radius 1 is 1.29 bits per heavy atom. The van der Waals surface area contributed by atoms with Crippen LogP contribution in [0.25, 0.3) is 0 Å². The third-order valence-electron chi connectivity index (χ3n) is 3.10. The summed E-state index contributed by atoms with van der Waals surface area (Å²) in [4.78, 5) is 2.32. The normalized spacial score (nSPS) is 14.9. The quantitative estimate of drug-likeness (QED) is 0.787. The van der Waals surface area contributed by atoms with Crippen molar-refractivity contribution in [3.63, 3.8) is 0 Å². The van der Waals surface area contributed by atoms with E-state index in [4.69, 9.17) is 10.5 Å². The lowest BCUT2D eigenvalue weighted by Crippen LogP contribution is -2.33. The highest BCUT2D eigenvalue weighted by molar-refractivity contribution is 5.19. The minimum absolute atomic E-state index is 0.240. The molecule has 1 aromatic rings. The first kappa shape index (κ1) is 14.2. The van der Waals surface area contributed by atoms with Gasteiger partial charge in [-0.3, -0.25) is 4.90 Å². The molecule has 1 rings (SSSR count). The van der Waals surface area contributed by atoms with Crippen LogP contribution in [0.5, 0.6) is 0 Å². The molecule has 0 aliphatic rings. The molecule has 0 aromatic heterocycles. The van der Waals surface area contributed by atoms with E-state index in [0.717, 1.165) is 13.0 Å². The molecule has 0 spiro atoms. The fraction of sp³-hybridized carbons (Fsp3) is 0.571. The van der Waals surface area contributed by atoms with Crippen molar-refractivity contribution in [2.45, 2.75) is 25.5 Å². The van der Waals surface area contributed by atoms with E-state index in [0.29, 0.717) is 12.6 Å². The molecule has 1 aromatic carbocycles. The van der Waals surface area contributed by atoms with Crippen molar-refractivity contribution in [2.75, 3.05) is 27.2 Å². The van der Waals surface area contributed by atoms with Crippen LogP contribution in [-0.2, 0) is 4.74 Å². The number of methoxy groups -OCH3 is 1. The van der Waals surface area contributed by atoms with Crippen LogP contribution in [0.1, 0.15) is 24.9 Å². The molecule has 0 aliphatic heterocycles. The number of rotatable bonds is 7. The lowest BCUT2D eigenvalue weighted by Gasteiger charge is -2.30. The predicted molar refractivity (Wildman–Crippen MR) is 72.0 cm³/mol. The average molecular weight is 236 g/mol. The van der Waals surface area contributed by atoms with Crippen LogP contribution in [-0.4, -0.2) is 38.3 Å². The van der Waals surface area contributed by atoms with Gasteiger partial charge in [-0.1, -0.05) is 30.3 Å². The zero-order valence-corrected chi connectivity index (χ0v) is 11.1. The number of ether oxygens (including phenoxy) is 1. The molecule has 3 nitrogen and oxygen atoms in total. The van der Waals surface area contributed by atoms with Gasteiger partial charge in [0.1, 0.15) is 0 Å². The van der Waals surface area contributed by atoms with E-state index in [2.05, 4.69) is 43.1 Å². The van der Waals surface area contributed by atoms with Crippen LogP contribution in [0.3, 0.4) is 0 Å². The first-order valence-electron chi connectivity index (χ1n) is 6.17. The second-order valence-electron chi connectivity index (χ2n) is 4.49. The molecule has 0 saturated heterocycles. The molecule has 0 radical (unpaired) electrons. The van der Waals surface area contributed by atoms with Crippen LogP contribution >= 0.6 is 0 Å². The molecular weight excluding hydrogens is 212 g/mol. The zero-order valence-electron chi connectivity index (χ0n) is 11.1. The highest BCUT2D eigenvalue weighted by atomic mass is 16.5. The Morgan fingerprint density at radius 2 is 1.94 bits per heavy atom. The molecule has 0 heterocycles. The lowest BCUT2D eigenvalue weighted by atomic mass is 10.0. The molecule has 0 fully saturated rings. The SMILES string of the molecule is COC(C)CN(C)C(CCN)c1ccccc1.